The Bertz CT molecular complexity index is 290. The van der Waals surface area contributed by atoms with E-state index in [2.05, 4.69) is 13.8 Å². The Morgan fingerprint density at radius 2 is 2.08 bits per heavy atom. The van der Waals surface area contributed by atoms with Crippen LogP contribution in [0.25, 0.3) is 0 Å². The van der Waals surface area contributed by atoms with E-state index in [1.807, 2.05) is 0 Å². The Balaban J connectivity index is 2.59. The molecular weight excluding hydrogens is 188 g/mol. The fourth-order valence-electron chi connectivity index (χ4n) is 1.71. The monoisotopic (exact) mass is 204 g/mol. The molecular formula is C9H16O3S. The van der Waals surface area contributed by atoms with Crippen molar-refractivity contribution < 1.29 is 13.2 Å². The molecule has 0 radical (unpaired) electrons. The molecule has 13 heavy (non-hydrogen) atoms. The van der Waals surface area contributed by atoms with Crippen molar-refractivity contribution in [1.29, 1.82) is 0 Å². The summed E-state index contributed by atoms with van der Waals surface area (Å²) in [7, 11) is -3.05. The Morgan fingerprint density at radius 1 is 1.46 bits per heavy atom. The first kappa shape index (κ1) is 10.7. The quantitative estimate of drug-likeness (QED) is 0.675. The van der Waals surface area contributed by atoms with Crippen molar-refractivity contribution in [2.45, 2.75) is 26.7 Å². The minimum atomic E-state index is -3.05. The normalized spacial score (nSPS) is 27.9. The molecule has 0 aromatic rings. The van der Waals surface area contributed by atoms with Gasteiger partial charge < -0.3 is 0 Å². The summed E-state index contributed by atoms with van der Waals surface area (Å²) < 4.78 is 22.1. The predicted octanol–water partition coefficient (Wildman–Crippen LogP) is 1.04. The fraction of sp³-hybridized carbons (Fsp3) is 0.889. The highest BCUT2D eigenvalue weighted by Gasteiger charge is 2.31. The molecule has 1 atom stereocenters. The van der Waals surface area contributed by atoms with E-state index in [0.29, 0.717) is 12.3 Å². The van der Waals surface area contributed by atoms with Crippen LogP contribution in [-0.4, -0.2) is 25.7 Å². The van der Waals surface area contributed by atoms with Crippen molar-refractivity contribution in [2.75, 3.05) is 11.5 Å². The molecule has 0 N–H and O–H groups in total. The molecule has 0 aromatic heterocycles. The van der Waals surface area contributed by atoms with E-state index in [1.165, 1.54) is 0 Å². The second-order valence-electron chi connectivity index (χ2n) is 4.17. The highest BCUT2D eigenvalue weighted by atomic mass is 32.2. The lowest BCUT2D eigenvalue weighted by atomic mass is 9.91. The van der Waals surface area contributed by atoms with Gasteiger partial charge in [0, 0.05) is 5.92 Å². The van der Waals surface area contributed by atoms with Gasteiger partial charge in [0.05, 0.1) is 5.75 Å². The minimum Gasteiger partial charge on any atom is -0.298 e. The van der Waals surface area contributed by atoms with Crippen molar-refractivity contribution in [3.05, 3.63) is 0 Å². The number of hydrogen-bond donors (Lipinski definition) is 0. The van der Waals surface area contributed by atoms with E-state index in [1.54, 1.807) is 0 Å². The van der Waals surface area contributed by atoms with E-state index in [-0.39, 0.29) is 23.2 Å². The van der Waals surface area contributed by atoms with Gasteiger partial charge in [-0.1, -0.05) is 13.8 Å². The number of ketones is 1. The zero-order valence-corrected chi connectivity index (χ0v) is 8.93. The largest absolute Gasteiger partial charge is 0.298 e. The van der Waals surface area contributed by atoms with Crippen LogP contribution in [0.2, 0.25) is 0 Å². The highest BCUT2D eigenvalue weighted by molar-refractivity contribution is 7.92. The van der Waals surface area contributed by atoms with Gasteiger partial charge in [-0.05, 0) is 18.8 Å². The molecule has 1 saturated heterocycles. The first-order chi connectivity index (χ1) is 5.91. The zero-order chi connectivity index (χ0) is 10.1. The Morgan fingerprint density at radius 3 is 2.54 bits per heavy atom. The lowest BCUT2D eigenvalue weighted by Crippen LogP contribution is -2.33. The second kappa shape index (κ2) is 3.78. The van der Waals surface area contributed by atoms with Crippen LogP contribution in [0, 0.1) is 11.8 Å². The third-order valence-electron chi connectivity index (χ3n) is 2.35. The lowest BCUT2D eigenvalue weighted by Gasteiger charge is -2.21. The fourth-order valence-corrected chi connectivity index (χ4v) is 3.17. The van der Waals surface area contributed by atoms with Crippen molar-refractivity contribution in [2.24, 2.45) is 11.8 Å². The summed E-state index contributed by atoms with van der Waals surface area (Å²) in [6.07, 6.45) is 1.35. The molecule has 1 rings (SSSR count). The van der Waals surface area contributed by atoms with Gasteiger partial charge in [-0.25, -0.2) is 8.42 Å². The molecule has 0 spiro atoms. The molecule has 0 aliphatic carbocycles. The number of rotatable bonds is 2. The van der Waals surface area contributed by atoms with Crippen LogP contribution < -0.4 is 0 Å². The number of Topliss-reactive ketones (excluding diaryl/α,β-unsaturated/α-hetero) is 1. The van der Waals surface area contributed by atoms with E-state index in [4.69, 9.17) is 0 Å². The van der Waals surface area contributed by atoms with Gasteiger partial charge in [-0.3, -0.25) is 4.79 Å². The molecule has 3 nitrogen and oxygen atoms in total. The van der Waals surface area contributed by atoms with Crippen LogP contribution >= 0.6 is 0 Å². The lowest BCUT2D eigenvalue weighted by molar-refractivity contribution is -0.121. The molecule has 76 valence electrons. The Kier molecular flexibility index (Phi) is 3.11. The maximum absolute atomic E-state index is 11.4. The van der Waals surface area contributed by atoms with E-state index >= 15 is 0 Å². The van der Waals surface area contributed by atoms with Crippen molar-refractivity contribution in [1.82, 2.24) is 0 Å². The number of hydrogen-bond acceptors (Lipinski definition) is 3. The number of sulfone groups is 1. The SMILES string of the molecule is CC(C)CC1CCS(=O)(=O)CC1=O. The highest BCUT2D eigenvalue weighted by Crippen LogP contribution is 2.22. The minimum absolute atomic E-state index is 0.0106. The molecule has 0 saturated carbocycles. The summed E-state index contributed by atoms with van der Waals surface area (Å²) in [5.74, 6) is 0.332. The smallest absolute Gasteiger partial charge is 0.157 e. The molecule has 1 unspecified atom stereocenters. The molecule has 0 aromatic carbocycles. The maximum Gasteiger partial charge on any atom is 0.157 e. The van der Waals surface area contributed by atoms with Gasteiger partial charge in [0.1, 0.15) is 5.75 Å². The Labute approximate surface area is 79.4 Å². The molecule has 0 bridgehead atoms. The van der Waals surface area contributed by atoms with Crippen LogP contribution in [0.5, 0.6) is 0 Å². The molecule has 1 fully saturated rings. The Hall–Kier alpha value is -0.380. The van der Waals surface area contributed by atoms with E-state index < -0.39 is 9.84 Å². The van der Waals surface area contributed by atoms with Crippen LogP contribution in [0.3, 0.4) is 0 Å². The van der Waals surface area contributed by atoms with E-state index in [9.17, 15) is 13.2 Å². The third-order valence-corrected chi connectivity index (χ3v) is 3.93. The number of carbonyl (C=O) groups excluding carboxylic acids is 1. The first-order valence-electron chi connectivity index (χ1n) is 4.64. The van der Waals surface area contributed by atoms with Gasteiger partial charge in [0.2, 0.25) is 0 Å². The van der Waals surface area contributed by atoms with Crippen LogP contribution in [-0.2, 0) is 14.6 Å². The summed E-state index contributed by atoms with van der Waals surface area (Å²) in [6, 6.07) is 0. The van der Waals surface area contributed by atoms with Crippen molar-refractivity contribution in [3.63, 3.8) is 0 Å². The molecule has 1 heterocycles. The van der Waals surface area contributed by atoms with Crippen LogP contribution in [0.15, 0.2) is 0 Å². The summed E-state index contributed by atoms with van der Waals surface area (Å²) in [5, 5.41) is 0. The van der Waals surface area contributed by atoms with Crippen LogP contribution in [0.1, 0.15) is 26.7 Å². The van der Waals surface area contributed by atoms with Crippen molar-refractivity contribution in [3.8, 4) is 0 Å². The first-order valence-corrected chi connectivity index (χ1v) is 6.46. The van der Waals surface area contributed by atoms with Gasteiger partial charge in [-0.15, -0.1) is 0 Å². The standard InChI is InChI=1S/C9H16O3S/c1-7(2)5-8-3-4-13(11,12)6-9(8)10/h7-8H,3-6H2,1-2H3. The zero-order valence-electron chi connectivity index (χ0n) is 8.12. The van der Waals surface area contributed by atoms with Crippen LogP contribution in [0.4, 0.5) is 0 Å². The summed E-state index contributed by atoms with van der Waals surface area (Å²) in [4.78, 5) is 11.4. The molecule has 1 aliphatic rings. The molecule has 4 heteroatoms. The maximum atomic E-state index is 11.4. The second-order valence-corrected chi connectivity index (χ2v) is 6.36. The van der Waals surface area contributed by atoms with Gasteiger partial charge >= 0.3 is 0 Å². The van der Waals surface area contributed by atoms with Gasteiger partial charge in [-0.2, -0.15) is 0 Å². The number of carbonyl (C=O) groups is 1. The topological polar surface area (TPSA) is 51.2 Å². The summed E-state index contributed by atoms with van der Waals surface area (Å²) >= 11 is 0. The summed E-state index contributed by atoms with van der Waals surface area (Å²) in [6.45, 7) is 4.10. The molecule has 1 aliphatic heterocycles. The van der Waals surface area contributed by atoms with E-state index in [0.717, 1.165) is 6.42 Å². The average molecular weight is 204 g/mol. The molecule has 0 amide bonds. The van der Waals surface area contributed by atoms with Gasteiger partial charge in [0.15, 0.2) is 15.6 Å². The van der Waals surface area contributed by atoms with Gasteiger partial charge in [0.25, 0.3) is 0 Å². The average Bonchev–Trinajstić information content (AvgIpc) is 1.93. The summed E-state index contributed by atoms with van der Waals surface area (Å²) in [5.41, 5.74) is 0. The van der Waals surface area contributed by atoms with Crippen molar-refractivity contribution >= 4 is 15.6 Å². The third kappa shape index (κ3) is 3.10. The predicted molar refractivity (Wildman–Crippen MR) is 51.2 cm³/mol.